The number of benzene rings is 10. The summed E-state index contributed by atoms with van der Waals surface area (Å²) in [6.45, 7) is -1.71. The van der Waals surface area contributed by atoms with Crippen LogP contribution in [0.25, 0.3) is 0 Å². The number of ether oxygens (including phenoxy) is 11. The first-order chi connectivity index (χ1) is 62.6. The minimum Gasteiger partial charge on any atom is -0.504 e. The van der Waals surface area contributed by atoms with Gasteiger partial charge in [0, 0.05) is 5.54 Å². The summed E-state index contributed by atoms with van der Waals surface area (Å²) in [6.07, 6.45) is -6.48. The standard InChI is InChI=1S/C76H52O46.C10H17N/c77-32-1-22(2-33(78)53(32)92)67(103)113-47-16-27(11-42(87)58(47)97)66(102)112-21-52-63(119-72(108)28-12-43(88)59(98)48(17-28)114-68(104)23-3-34(79)54(93)35(80)4-23)64(120-73(109)29-13-44(89)60(99)49(18-29)115-69(105)24-5-36(81)55(94)37(82)6-24)65(121-74(110)30-14-45(90)61(100)50(19-30)116-70(106)25-7-38(83)56(95)39(84)8-25)76(118-52)122-75(111)31-15-46(91)62(101)51(20-31)117-71(107)26-9-40(85)57(96)41(86)10-26;11-10-4-7-1-8(5-10)3-9(2-7)6-10/h1-20,52,63-65,76-101H,21H2;7-9H,1-6,11H2/t52-,63-,64+,65-,76+;/m1./s1. The summed E-state index contributed by atoms with van der Waals surface area (Å²) < 4.78 is 60.4. The van der Waals surface area contributed by atoms with Crippen LogP contribution >= 0.6 is 0 Å². The summed E-state index contributed by atoms with van der Waals surface area (Å²) in [5.41, 5.74) is -3.27. The number of carbonyl (C=O) groups is 10. The normalized spacial score (nSPS) is 18.4. The molecule has 47 heteroatoms. The fraction of sp³-hybridized carbons (Fsp3) is 0.186. The number of esters is 10. The quantitative estimate of drug-likeness (QED) is 0.0153. The predicted molar refractivity (Wildman–Crippen MR) is 428 cm³/mol. The van der Waals surface area contributed by atoms with Crippen molar-refractivity contribution >= 4 is 59.7 Å². The molecule has 0 aromatic heterocycles. The maximum atomic E-state index is 15.3. The lowest BCUT2D eigenvalue weighted by molar-refractivity contribution is -0.282. The molecule has 15 rings (SSSR count). The lowest BCUT2D eigenvalue weighted by atomic mass is 9.53. The average molecular weight is 1850 g/mol. The van der Waals surface area contributed by atoms with Gasteiger partial charge in [-0.15, -0.1) is 0 Å². The summed E-state index contributed by atoms with van der Waals surface area (Å²) in [5.74, 6) is -52.9. The minimum absolute atomic E-state index is 0.295. The molecule has 4 bridgehead atoms. The van der Waals surface area contributed by atoms with Crippen molar-refractivity contribution in [3.8, 4) is 172 Å². The van der Waals surface area contributed by atoms with Gasteiger partial charge in [0.1, 0.15) is 12.7 Å². The molecule has 1 heterocycles. The van der Waals surface area contributed by atoms with E-state index in [0.717, 1.165) is 17.8 Å². The smallest absolute Gasteiger partial charge is 0.343 e. The molecular formula is C86H69NO46. The first-order valence-electron chi connectivity index (χ1n) is 38.2. The number of carbonyl (C=O) groups excluding carboxylic acids is 10. The van der Waals surface area contributed by atoms with Gasteiger partial charge in [-0.1, -0.05) is 0 Å². The number of aromatic hydroxyl groups is 25. The molecular weight excluding hydrogens is 1780 g/mol. The minimum atomic E-state index is -3.12. The number of phenolic OH excluding ortho intramolecular Hbond substituents is 25. The monoisotopic (exact) mass is 1850 g/mol. The Morgan fingerprint density at radius 3 is 0.662 bits per heavy atom. The van der Waals surface area contributed by atoms with E-state index in [0.29, 0.717) is 127 Å². The third kappa shape index (κ3) is 19.5. The van der Waals surface area contributed by atoms with Gasteiger partial charge in [0.15, 0.2) is 156 Å². The van der Waals surface area contributed by atoms with Crippen LogP contribution in [0.15, 0.2) is 121 Å². The van der Waals surface area contributed by atoms with E-state index in [1.54, 1.807) is 0 Å². The molecule has 10 aromatic carbocycles. The Hall–Kier alpha value is -18.2. The molecule has 133 heavy (non-hydrogen) atoms. The maximum Gasteiger partial charge on any atom is 0.343 e. The number of rotatable bonds is 21. The van der Waals surface area contributed by atoms with Crippen LogP contribution in [0.4, 0.5) is 0 Å². The fourth-order valence-electron chi connectivity index (χ4n) is 15.0. The van der Waals surface area contributed by atoms with Crippen LogP contribution in [0.5, 0.6) is 172 Å². The van der Waals surface area contributed by atoms with Crippen molar-refractivity contribution in [2.24, 2.45) is 23.5 Å². The van der Waals surface area contributed by atoms with Crippen molar-refractivity contribution in [2.75, 3.05) is 6.61 Å². The van der Waals surface area contributed by atoms with Gasteiger partial charge in [0.05, 0.1) is 55.6 Å². The molecule has 0 radical (unpaired) electrons. The molecule has 0 spiro atoms. The van der Waals surface area contributed by atoms with E-state index in [9.17, 15) is 161 Å². The highest BCUT2D eigenvalue weighted by molar-refractivity contribution is 6.00. The molecule has 4 aliphatic carbocycles. The molecule has 5 atom stereocenters. The van der Waals surface area contributed by atoms with Crippen molar-refractivity contribution in [3.05, 3.63) is 177 Å². The Bertz CT molecular complexity index is 6360. The van der Waals surface area contributed by atoms with Crippen molar-refractivity contribution in [1.82, 2.24) is 0 Å². The second kappa shape index (κ2) is 36.3. The Morgan fingerprint density at radius 2 is 0.436 bits per heavy atom. The van der Waals surface area contributed by atoms with Crippen molar-refractivity contribution in [1.29, 1.82) is 0 Å². The third-order valence-corrected chi connectivity index (χ3v) is 21.0. The third-order valence-electron chi connectivity index (χ3n) is 21.0. The zero-order valence-electron chi connectivity index (χ0n) is 66.9. The molecule has 0 amide bonds. The van der Waals surface area contributed by atoms with Gasteiger partial charge >= 0.3 is 59.7 Å². The molecule has 10 aromatic rings. The number of hydrogen-bond donors (Lipinski definition) is 26. The number of phenols is 25. The van der Waals surface area contributed by atoms with Crippen LogP contribution < -0.4 is 29.4 Å². The molecule has 0 unspecified atom stereocenters. The van der Waals surface area contributed by atoms with E-state index in [1.165, 1.54) is 38.5 Å². The van der Waals surface area contributed by atoms with Crippen molar-refractivity contribution < 1.29 is 228 Å². The van der Waals surface area contributed by atoms with Gasteiger partial charge in [0.25, 0.3) is 0 Å². The van der Waals surface area contributed by atoms with Crippen molar-refractivity contribution in [3.63, 3.8) is 0 Å². The van der Waals surface area contributed by atoms with E-state index in [1.807, 2.05) is 0 Å². The molecule has 47 nitrogen and oxygen atoms in total. The first-order valence-corrected chi connectivity index (χ1v) is 38.2. The number of nitrogens with two attached hydrogens (primary N) is 1. The Balaban J connectivity index is 0.00000125. The molecule has 27 N–H and O–H groups in total. The zero-order chi connectivity index (χ0) is 96.9. The summed E-state index contributed by atoms with van der Waals surface area (Å²) in [7, 11) is 0. The molecule has 4 saturated carbocycles. The summed E-state index contributed by atoms with van der Waals surface area (Å²) in [4.78, 5) is 142. The van der Waals surface area contributed by atoms with E-state index in [-0.39, 0.29) is 0 Å². The van der Waals surface area contributed by atoms with Gasteiger partial charge in [0.2, 0.25) is 41.1 Å². The molecule has 694 valence electrons. The second-order valence-corrected chi connectivity index (χ2v) is 30.4. The Kier molecular flexibility index (Phi) is 25.2. The molecule has 1 aliphatic heterocycles. The van der Waals surface area contributed by atoms with Gasteiger partial charge in [-0.25, -0.2) is 47.9 Å². The lowest BCUT2D eigenvalue weighted by Crippen LogP contribution is -2.63. The average Bonchev–Trinajstić information content (AvgIpc) is 0.761. The zero-order valence-corrected chi connectivity index (χ0v) is 66.9. The highest BCUT2D eigenvalue weighted by atomic mass is 16.8. The SMILES string of the molecule is NC12CC3CC(CC(C3)C1)C2.O=C(OC[C@H]1O[C@@H](OC(=O)c2cc(O)c(O)c(OC(=O)c3cc(O)c(O)c(O)c3)c2)[C@H](OC(=O)c2cc(O)c(O)c(OC(=O)c3cc(O)c(O)c(O)c3)c2)[C@@H](OC(=O)c2cc(O)c(O)c(OC(=O)c3cc(O)c(O)c(O)c3)c2)[C@@H]1OC(=O)c1cc(O)c(O)c(OC(=O)c2cc(O)c(O)c(O)c2)c1)c1cc(O)c(O)c(OC(=O)c2cc(O)c(O)c(O)c2)c1. The van der Waals surface area contributed by atoms with E-state index in [4.69, 9.17) is 57.8 Å². The predicted octanol–water partition coefficient (Wildman–Crippen LogP) is 6.75. The Morgan fingerprint density at radius 1 is 0.248 bits per heavy atom. The van der Waals surface area contributed by atoms with E-state index in [2.05, 4.69) is 0 Å². The van der Waals surface area contributed by atoms with Crippen LogP contribution in [0, 0.1) is 17.8 Å². The molecule has 5 aliphatic rings. The van der Waals surface area contributed by atoms with Crippen LogP contribution in [-0.2, 0) is 28.4 Å². The van der Waals surface area contributed by atoms with Gasteiger partial charge < -0.3 is 186 Å². The van der Waals surface area contributed by atoms with Crippen molar-refractivity contribution in [2.45, 2.75) is 74.8 Å². The molecule has 1 saturated heterocycles. The Labute approximate surface area is 738 Å². The molecule has 5 fully saturated rings. The van der Waals surface area contributed by atoms with Crippen LogP contribution in [-0.4, -0.2) is 230 Å². The van der Waals surface area contributed by atoms with Crippen LogP contribution in [0.3, 0.4) is 0 Å². The maximum absolute atomic E-state index is 15.3. The van der Waals surface area contributed by atoms with E-state index < -0.39 is 325 Å². The van der Waals surface area contributed by atoms with Gasteiger partial charge in [-0.2, -0.15) is 0 Å². The first kappa shape index (κ1) is 92.5. The topological polar surface area (TPSA) is 804 Å². The van der Waals surface area contributed by atoms with Crippen LogP contribution in [0.1, 0.15) is 142 Å². The summed E-state index contributed by atoms with van der Waals surface area (Å²) >= 11 is 0. The summed E-state index contributed by atoms with van der Waals surface area (Å²) in [6, 6.07) is 8.56. The lowest BCUT2D eigenvalue weighted by Gasteiger charge is -2.55. The fourth-order valence-corrected chi connectivity index (χ4v) is 15.0. The van der Waals surface area contributed by atoms with Gasteiger partial charge in [-0.3, -0.25) is 0 Å². The second-order valence-electron chi connectivity index (χ2n) is 30.4. The number of hydrogen-bond acceptors (Lipinski definition) is 47. The highest BCUT2D eigenvalue weighted by Crippen LogP contribution is 2.55. The van der Waals surface area contributed by atoms with Gasteiger partial charge in [-0.05, 0) is 178 Å². The van der Waals surface area contributed by atoms with Crippen LogP contribution in [0.2, 0.25) is 0 Å². The summed E-state index contributed by atoms with van der Waals surface area (Å²) in [5, 5.41) is 261. The highest BCUT2D eigenvalue weighted by Gasteiger charge is 2.56. The largest absolute Gasteiger partial charge is 0.504 e. The van der Waals surface area contributed by atoms with E-state index >= 15 is 14.4 Å².